The third-order valence-corrected chi connectivity index (χ3v) is 5.66. The predicted octanol–water partition coefficient (Wildman–Crippen LogP) is 1.80. The largest absolute Gasteiger partial charge is 0.494 e. The smallest absolute Gasteiger partial charge is 0.410 e. The molecule has 3 amide bonds. The fourth-order valence-corrected chi connectivity index (χ4v) is 3.77. The number of hydrogen-bond acceptors (Lipinski definition) is 10. The molecule has 0 aliphatic carbocycles. The second-order valence-electron chi connectivity index (χ2n) is 8.85. The van der Waals surface area contributed by atoms with E-state index in [1.165, 1.54) is 25.1 Å². The molecule has 200 valence electrons. The molecule has 14 heteroatoms. The number of anilines is 3. The molecule has 1 saturated heterocycles. The number of para-hydroxylation sites is 1. The Balaban J connectivity index is 1.55. The molecule has 3 aromatic rings. The molecule has 0 atom stereocenters. The summed E-state index contributed by atoms with van der Waals surface area (Å²) in [5, 5.41) is 20.8. The number of carbonyl (C=O) groups excluding carboxylic acids is 3. The van der Waals surface area contributed by atoms with Gasteiger partial charge in [0.1, 0.15) is 6.33 Å². The predicted molar refractivity (Wildman–Crippen MR) is 137 cm³/mol. The molecule has 4 rings (SSSR count). The summed E-state index contributed by atoms with van der Waals surface area (Å²) >= 11 is 0. The van der Waals surface area contributed by atoms with Crippen molar-refractivity contribution in [2.45, 2.75) is 20.0 Å². The number of benzene rings is 1. The van der Waals surface area contributed by atoms with E-state index in [9.17, 15) is 14.4 Å². The Labute approximate surface area is 218 Å². The van der Waals surface area contributed by atoms with Crippen LogP contribution in [0.15, 0.2) is 30.6 Å². The molecule has 2 aromatic heterocycles. The van der Waals surface area contributed by atoms with Gasteiger partial charge in [0, 0.05) is 33.3 Å². The third kappa shape index (κ3) is 5.63. The van der Waals surface area contributed by atoms with Crippen LogP contribution in [0, 0.1) is 5.92 Å². The first kappa shape index (κ1) is 26.3. The number of likely N-dealkylation sites (tertiary alicyclic amines) is 1. The van der Waals surface area contributed by atoms with Gasteiger partial charge in [0.05, 0.1) is 36.1 Å². The molecule has 0 bridgehead atoms. The van der Waals surface area contributed by atoms with E-state index in [1.807, 2.05) is 6.07 Å². The fraction of sp³-hybridized carbons (Fsp3) is 0.375. The minimum absolute atomic E-state index is 0.0140. The van der Waals surface area contributed by atoms with Crippen LogP contribution in [0.3, 0.4) is 0 Å². The van der Waals surface area contributed by atoms with Crippen molar-refractivity contribution in [3.63, 3.8) is 0 Å². The highest BCUT2D eigenvalue weighted by Crippen LogP contribution is 2.37. The van der Waals surface area contributed by atoms with Crippen molar-refractivity contribution >= 4 is 35.1 Å². The molecule has 0 saturated carbocycles. The fourth-order valence-electron chi connectivity index (χ4n) is 3.77. The molecule has 0 radical (unpaired) electrons. The van der Waals surface area contributed by atoms with E-state index in [2.05, 4.69) is 36.2 Å². The number of methoxy groups -OCH3 is 1. The Morgan fingerprint density at radius 3 is 2.53 bits per heavy atom. The van der Waals surface area contributed by atoms with Crippen LogP contribution in [0.1, 0.15) is 24.3 Å². The van der Waals surface area contributed by atoms with Gasteiger partial charge in [-0.25, -0.2) is 9.78 Å². The van der Waals surface area contributed by atoms with Crippen LogP contribution >= 0.6 is 0 Å². The molecule has 3 N–H and O–H groups in total. The van der Waals surface area contributed by atoms with E-state index in [1.54, 1.807) is 44.0 Å². The summed E-state index contributed by atoms with van der Waals surface area (Å²) in [5.41, 5.74) is 1.46. The lowest BCUT2D eigenvalue weighted by atomic mass is 10.00. The lowest BCUT2D eigenvalue weighted by Crippen LogP contribution is -2.54. The zero-order valence-electron chi connectivity index (χ0n) is 21.7. The first-order valence-corrected chi connectivity index (χ1v) is 11.9. The molecular formula is C24H29N9O5. The van der Waals surface area contributed by atoms with Gasteiger partial charge < -0.3 is 30.3 Å². The maximum atomic E-state index is 12.7. The Hall–Kier alpha value is -4.75. The van der Waals surface area contributed by atoms with Crippen molar-refractivity contribution in [1.29, 1.82) is 0 Å². The van der Waals surface area contributed by atoms with Crippen LogP contribution in [0.2, 0.25) is 0 Å². The molecule has 3 heterocycles. The summed E-state index contributed by atoms with van der Waals surface area (Å²) in [6.07, 6.45) is 0.881. The van der Waals surface area contributed by atoms with Crippen LogP contribution in [0.5, 0.6) is 5.75 Å². The summed E-state index contributed by atoms with van der Waals surface area (Å²) in [4.78, 5) is 42.9. The van der Waals surface area contributed by atoms with Crippen molar-refractivity contribution in [3.05, 3.63) is 36.3 Å². The van der Waals surface area contributed by atoms with Gasteiger partial charge in [-0.1, -0.05) is 6.07 Å². The molecule has 14 nitrogen and oxygen atoms in total. The van der Waals surface area contributed by atoms with E-state index in [-0.39, 0.29) is 42.3 Å². The highest BCUT2D eigenvalue weighted by molar-refractivity contribution is 6.00. The Bertz CT molecular complexity index is 1350. The minimum Gasteiger partial charge on any atom is -0.494 e. The van der Waals surface area contributed by atoms with Gasteiger partial charge in [-0.2, -0.15) is 5.10 Å². The minimum atomic E-state index is -0.474. The zero-order chi connectivity index (χ0) is 27.4. The second-order valence-corrected chi connectivity index (χ2v) is 8.85. The van der Waals surface area contributed by atoms with Crippen LogP contribution in [-0.4, -0.2) is 81.1 Å². The molecular weight excluding hydrogens is 494 g/mol. The molecule has 1 aliphatic heterocycles. The molecule has 1 fully saturated rings. The van der Waals surface area contributed by atoms with Crippen LogP contribution < -0.4 is 20.7 Å². The summed E-state index contributed by atoms with van der Waals surface area (Å²) < 4.78 is 12.4. The Kier molecular flexibility index (Phi) is 7.69. The second kappa shape index (κ2) is 11.1. The summed E-state index contributed by atoms with van der Waals surface area (Å²) in [7, 11) is 4.75. The standard InChI is InChI=1S/C24H29N9O5/c1-13(2)38-24(36)33-10-14(11-33)22(34)28-18-9-17(19(30-29-18)23(35)25-3)27-16-8-6-7-15(20(16)37-5)21-26-12-32(4)31-21/h6-9,12-14H,10-11H2,1-5H3,(H,25,35)(H2,27,28,29,34). The van der Waals surface area contributed by atoms with E-state index < -0.39 is 17.9 Å². The molecule has 1 aromatic carbocycles. The van der Waals surface area contributed by atoms with E-state index in [0.29, 0.717) is 22.8 Å². The first-order chi connectivity index (χ1) is 18.2. The van der Waals surface area contributed by atoms with Crippen molar-refractivity contribution in [1.82, 2.24) is 35.2 Å². The van der Waals surface area contributed by atoms with Gasteiger partial charge in [-0.3, -0.25) is 14.3 Å². The molecule has 0 spiro atoms. The van der Waals surface area contributed by atoms with Gasteiger partial charge >= 0.3 is 6.09 Å². The van der Waals surface area contributed by atoms with Crippen molar-refractivity contribution in [2.75, 3.05) is 37.9 Å². The number of carbonyl (C=O) groups is 3. The summed E-state index contributed by atoms with van der Waals surface area (Å²) in [6, 6.07) is 6.87. The van der Waals surface area contributed by atoms with Gasteiger partial charge in [0.15, 0.2) is 23.1 Å². The highest BCUT2D eigenvalue weighted by Gasteiger charge is 2.37. The number of nitrogens with zero attached hydrogens (tertiary/aromatic N) is 6. The quantitative estimate of drug-likeness (QED) is 0.396. The average molecular weight is 524 g/mol. The normalized spacial score (nSPS) is 13.1. The third-order valence-electron chi connectivity index (χ3n) is 5.66. The number of aromatic nitrogens is 5. The monoisotopic (exact) mass is 523 g/mol. The Morgan fingerprint density at radius 2 is 1.89 bits per heavy atom. The van der Waals surface area contributed by atoms with Gasteiger partial charge in [0.25, 0.3) is 5.91 Å². The van der Waals surface area contributed by atoms with Crippen LogP contribution in [0.25, 0.3) is 11.4 Å². The van der Waals surface area contributed by atoms with Crippen molar-refractivity contribution < 1.29 is 23.9 Å². The van der Waals surface area contributed by atoms with Gasteiger partial charge in [-0.15, -0.1) is 10.2 Å². The summed E-state index contributed by atoms with van der Waals surface area (Å²) in [6.45, 7) is 3.99. The maximum Gasteiger partial charge on any atom is 0.410 e. The first-order valence-electron chi connectivity index (χ1n) is 11.9. The lowest BCUT2D eigenvalue weighted by molar-refractivity contribution is -0.124. The maximum absolute atomic E-state index is 12.7. The average Bonchev–Trinajstić information content (AvgIpc) is 3.28. The number of amides is 3. The van der Waals surface area contributed by atoms with Crippen molar-refractivity contribution in [2.24, 2.45) is 13.0 Å². The SMILES string of the molecule is CNC(=O)c1nnc(NC(=O)C2CN(C(=O)OC(C)C)C2)cc1Nc1cccc(-c2ncn(C)n2)c1OC. The molecule has 1 aliphatic rings. The van der Waals surface area contributed by atoms with E-state index in [0.717, 1.165) is 0 Å². The topological polar surface area (TPSA) is 165 Å². The van der Waals surface area contributed by atoms with E-state index >= 15 is 0 Å². The number of hydrogen-bond donors (Lipinski definition) is 3. The lowest BCUT2D eigenvalue weighted by Gasteiger charge is -2.37. The highest BCUT2D eigenvalue weighted by atomic mass is 16.6. The summed E-state index contributed by atoms with van der Waals surface area (Å²) in [5.74, 6) is -0.173. The zero-order valence-corrected chi connectivity index (χ0v) is 21.7. The van der Waals surface area contributed by atoms with Crippen molar-refractivity contribution in [3.8, 4) is 17.1 Å². The molecule has 38 heavy (non-hydrogen) atoms. The number of nitrogens with one attached hydrogen (secondary N) is 3. The number of ether oxygens (including phenoxy) is 2. The molecule has 0 unspecified atom stereocenters. The van der Waals surface area contributed by atoms with E-state index in [4.69, 9.17) is 9.47 Å². The Morgan fingerprint density at radius 1 is 1.13 bits per heavy atom. The number of aryl methyl sites for hydroxylation is 1. The van der Waals surface area contributed by atoms with Gasteiger partial charge in [0.2, 0.25) is 5.91 Å². The van der Waals surface area contributed by atoms with Crippen LogP contribution in [0.4, 0.5) is 22.0 Å². The van der Waals surface area contributed by atoms with Gasteiger partial charge in [-0.05, 0) is 26.0 Å². The number of rotatable bonds is 8. The van der Waals surface area contributed by atoms with Crippen LogP contribution in [-0.2, 0) is 16.6 Å².